The normalized spacial score (nSPS) is 21.8. The van der Waals surface area contributed by atoms with E-state index in [1.54, 1.807) is 16.2 Å². The van der Waals surface area contributed by atoms with E-state index in [2.05, 4.69) is 0 Å². The minimum absolute atomic E-state index is 0.00204. The summed E-state index contributed by atoms with van der Waals surface area (Å²) in [6.45, 7) is 7.27. The molecule has 0 radical (unpaired) electrons. The summed E-state index contributed by atoms with van der Waals surface area (Å²) in [5.41, 5.74) is 0. The third-order valence-corrected chi connectivity index (χ3v) is 4.84. The molecule has 2 amide bonds. The van der Waals surface area contributed by atoms with Crippen molar-refractivity contribution in [1.82, 2.24) is 9.80 Å². The van der Waals surface area contributed by atoms with Crippen LogP contribution in [-0.4, -0.2) is 46.0 Å². The quantitative estimate of drug-likeness (QED) is 0.930. The molecule has 1 aromatic rings. The molecule has 1 fully saturated rings. The Hall–Kier alpha value is -1.56. The first-order valence-corrected chi connectivity index (χ1v) is 8.08. The van der Waals surface area contributed by atoms with Crippen LogP contribution >= 0.6 is 11.3 Å². The third kappa shape index (κ3) is 3.56. The van der Waals surface area contributed by atoms with Crippen LogP contribution in [0.15, 0.2) is 17.5 Å². The topological polar surface area (TPSA) is 60.9 Å². The number of rotatable bonds is 4. The number of aliphatic carboxylic acids is 1. The molecule has 1 N–H and O–H groups in total. The molecule has 0 aliphatic carbocycles. The molecule has 2 atom stereocenters. The van der Waals surface area contributed by atoms with Gasteiger partial charge in [0.1, 0.15) is 0 Å². The van der Waals surface area contributed by atoms with Crippen LogP contribution in [0.4, 0.5) is 4.79 Å². The summed E-state index contributed by atoms with van der Waals surface area (Å²) < 4.78 is 0. The fraction of sp³-hybridized carbons (Fsp3) is 0.600. The second-order valence-electron chi connectivity index (χ2n) is 5.91. The fourth-order valence-corrected chi connectivity index (χ4v) is 3.37. The highest BCUT2D eigenvalue weighted by atomic mass is 32.1. The van der Waals surface area contributed by atoms with Gasteiger partial charge in [0.25, 0.3) is 0 Å². The molecule has 2 rings (SSSR count). The molecule has 1 saturated heterocycles. The summed E-state index contributed by atoms with van der Waals surface area (Å²) in [7, 11) is 0. The molecule has 21 heavy (non-hydrogen) atoms. The summed E-state index contributed by atoms with van der Waals surface area (Å²) in [5.74, 6) is -1.26. The van der Waals surface area contributed by atoms with Crippen LogP contribution in [-0.2, 0) is 11.3 Å². The number of amides is 2. The van der Waals surface area contributed by atoms with E-state index in [0.29, 0.717) is 19.6 Å². The smallest absolute Gasteiger partial charge is 0.320 e. The number of hydrogen-bond donors (Lipinski definition) is 1. The summed E-state index contributed by atoms with van der Waals surface area (Å²) >= 11 is 1.63. The molecular weight excluding hydrogens is 288 g/mol. The van der Waals surface area contributed by atoms with Gasteiger partial charge >= 0.3 is 12.0 Å². The lowest BCUT2D eigenvalue weighted by Crippen LogP contribution is -2.45. The Kier molecular flexibility index (Phi) is 4.88. The first-order valence-electron chi connectivity index (χ1n) is 7.21. The van der Waals surface area contributed by atoms with E-state index in [9.17, 15) is 14.7 Å². The van der Waals surface area contributed by atoms with E-state index in [1.165, 1.54) is 0 Å². The maximum atomic E-state index is 12.7. The Labute approximate surface area is 129 Å². The molecule has 5 nitrogen and oxygen atoms in total. The average Bonchev–Trinajstić information content (AvgIpc) is 3.03. The van der Waals surface area contributed by atoms with Gasteiger partial charge in [0, 0.05) is 24.0 Å². The van der Waals surface area contributed by atoms with E-state index >= 15 is 0 Å². The predicted molar refractivity (Wildman–Crippen MR) is 82.3 cm³/mol. The number of carbonyl (C=O) groups is 2. The van der Waals surface area contributed by atoms with Gasteiger partial charge in [-0.25, -0.2) is 4.79 Å². The van der Waals surface area contributed by atoms with Crippen molar-refractivity contribution in [3.05, 3.63) is 22.4 Å². The zero-order chi connectivity index (χ0) is 15.6. The van der Waals surface area contributed by atoms with Crippen LogP contribution < -0.4 is 0 Å². The van der Waals surface area contributed by atoms with Gasteiger partial charge in [-0.15, -0.1) is 11.3 Å². The molecule has 6 heteroatoms. The molecule has 0 aromatic carbocycles. The van der Waals surface area contributed by atoms with Crippen molar-refractivity contribution in [1.29, 1.82) is 0 Å². The lowest BCUT2D eigenvalue weighted by molar-refractivity contribution is -0.142. The molecule has 0 saturated carbocycles. The van der Waals surface area contributed by atoms with Gasteiger partial charge in [-0.05, 0) is 31.2 Å². The van der Waals surface area contributed by atoms with Crippen LogP contribution in [0.3, 0.4) is 0 Å². The first kappa shape index (κ1) is 15.8. The molecule has 1 aliphatic rings. The number of likely N-dealkylation sites (tertiary alicyclic amines) is 1. The van der Waals surface area contributed by atoms with Crippen LogP contribution in [0, 0.1) is 11.8 Å². The van der Waals surface area contributed by atoms with Crippen molar-refractivity contribution in [2.45, 2.75) is 33.4 Å². The van der Waals surface area contributed by atoms with E-state index in [-0.39, 0.29) is 18.0 Å². The Morgan fingerprint density at radius 2 is 2.19 bits per heavy atom. The van der Waals surface area contributed by atoms with E-state index in [4.69, 9.17) is 0 Å². The highest BCUT2D eigenvalue weighted by Gasteiger charge is 2.38. The standard InChI is InChI=1S/C15H22N2O3S/c1-10(2)17(8-12-5-4-6-21-12)15(20)16-7-11(3)13(9-16)14(18)19/h4-6,10-11,13H,7-9H2,1-3H3,(H,18,19)/t11-,13-/m1/s1. The second-order valence-corrected chi connectivity index (χ2v) is 6.94. The maximum Gasteiger partial charge on any atom is 0.320 e. The minimum atomic E-state index is -0.813. The van der Waals surface area contributed by atoms with E-state index in [1.807, 2.05) is 43.2 Å². The number of thiophene rings is 1. The number of hydrogen-bond acceptors (Lipinski definition) is 3. The Morgan fingerprint density at radius 3 is 2.67 bits per heavy atom. The Balaban J connectivity index is 2.07. The molecule has 2 heterocycles. The number of carboxylic acid groups (broad SMARTS) is 1. The van der Waals surface area contributed by atoms with Gasteiger partial charge < -0.3 is 14.9 Å². The Morgan fingerprint density at radius 1 is 1.48 bits per heavy atom. The van der Waals surface area contributed by atoms with Crippen molar-refractivity contribution in [2.24, 2.45) is 11.8 Å². The number of carboxylic acids is 1. The monoisotopic (exact) mass is 310 g/mol. The van der Waals surface area contributed by atoms with Crippen molar-refractivity contribution in [3.63, 3.8) is 0 Å². The summed E-state index contributed by atoms with van der Waals surface area (Å²) in [5, 5.41) is 11.2. The van der Waals surface area contributed by atoms with Crippen molar-refractivity contribution in [3.8, 4) is 0 Å². The fourth-order valence-electron chi connectivity index (χ4n) is 2.67. The van der Waals surface area contributed by atoms with Crippen LogP contribution in [0.25, 0.3) is 0 Å². The van der Waals surface area contributed by atoms with Crippen molar-refractivity contribution < 1.29 is 14.7 Å². The average molecular weight is 310 g/mol. The van der Waals surface area contributed by atoms with Gasteiger partial charge in [-0.2, -0.15) is 0 Å². The molecular formula is C15H22N2O3S. The van der Waals surface area contributed by atoms with Gasteiger partial charge in [0.15, 0.2) is 0 Å². The molecule has 0 unspecified atom stereocenters. The van der Waals surface area contributed by atoms with Crippen molar-refractivity contribution in [2.75, 3.05) is 13.1 Å². The lowest BCUT2D eigenvalue weighted by atomic mass is 9.99. The third-order valence-electron chi connectivity index (χ3n) is 3.98. The van der Waals surface area contributed by atoms with E-state index < -0.39 is 11.9 Å². The summed E-state index contributed by atoms with van der Waals surface area (Å²) in [4.78, 5) is 28.5. The molecule has 116 valence electrons. The second kappa shape index (κ2) is 6.47. The number of nitrogens with zero attached hydrogens (tertiary/aromatic N) is 2. The summed E-state index contributed by atoms with van der Waals surface area (Å²) in [6, 6.07) is 4.01. The SMILES string of the molecule is CC(C)N(Cc1cccs1)C(=O)N1C[C@@H](C)[C@H](C(=O)O)C1. The van der Waals surface area contributed by atoms with E-state index in [0.717, 1.165) is 4.88 Å². The molecule has 0 bridgehead atoms. The zero-order valence-corrected chi connectivity index (χ0v) is 13.5. The van der Waals surface area contributed by atoms with Crippen molar-refractivity contribution >= 4 is 23.3 Å². The molecule has 1 aromatic heterocycles. The number of urea groups is 1. The van der Waals surface area contributed by atoms with Gasteiger partial charge in [-0.3, -0.25) is 4.79 Å². The zero-order valence-electron chi connectivity index (χ0n) is 12.7. The summed E-state index contributed by atoms with van der Waals surface area (Å²) in [6.07, 6.45) is 0. The molecule has 1 aliphatic heterocycles. The van der Waals surface area contributed by atoms with Gasteiger partial charge in [-0.1, -0.05) is 13.0 Å². The van der Waals surface area contributed by atoms with Crippen LogP contribution in [0.5, 0.6) is 0 Å². The van der Waals surface area contributed by atoms with Gasteiger partial charge in [0.05, 0.1) is 12.5 Å². The highest BCUT2D eigenvalue weighted by molar-refractivity contribution is 7.09. The Bertz CT molecular complexity index is 501. The number of carbonyl (C=O) groups excluding carboxylic acids is 1. The largest absolute Gasteiger partial charge is 0.481 e. The lowest BCUT2D eigenvalue weighted by Gasteiger charge is -2.31. The maximum absolute atomic E-state index is 12.7. The highest BCUT2D eigenvalue weighted by Crippen LogP contribution is 2.25. The first-order chi connectivity index (χ1) is 9.90. The van der Waals surface area contributed by atoms with Crippen LogP contribution in [0.2, 0.25) is 0 Å². The minimum Gasteiger partial charge on any atom is -0.481 e. The van der Waals surface area contributed by atoms with Gasteiger partial charge in [0.2, 0.25) is 0 Å². The molecule has 0 spiro atoms. The van der Waals surface area contributed by atoms with Crippen LogP contribution in [0.1, 0.15) is 25.6 Å². The predicted octanol–water partition coefficient (Wildman–Crippen LogP) is 2.73.